The van der Waals surface area contributed by atoms with Crippen molar-refractivity contribution in [3.63, 3.8) is 0 Å². The number of hydrogen-bond donors (Lipinski definition) is 0. The van der Waals surface area contributed by atoms with Gasteiger partial charge in [0.1, 0.15) is 6.07 Å². The van der Waals surface area contributed by atoms with E-state index in [0.29, 0.717) is 10.6 Å². The van der Waals surface area contributed by atoms with Gasteiger partial charge in [0.05, 0.1) is 22.6 Å². The van der Waals surface area contributed by atoms with Gasteiger partial charge in [0, 0.05) is 5.02 Å². The maximum absolute atomic E-state index is 9.05. The van der Waals surface area contributed by atoms with Crippen molar-refractivity contribution < 1.29 is 0 Å². The van der Waals surface area contributed by atoms with Crippen LogP contribution in [0.25, 0.3) is 5.69 Å². The third kappa shape index (κ3) is 1.81. The third-order valence-corrected chi connectivity index (χ3v) is 3.28. The van der Waals surface area contributed by atoms with Crippen molar-refractivity contribution in [1.82, 2.24) is 9.78 Å². The molecule has 0 radical (unpaired) electrons. The average Bonchev–Trinajstić information content (AvgIpc) is 2.58. The molecule has 2 aromatic rings. The standard InChI is InChI=1S/C13H12ClN3/c1-8-12(14)5-4-6-13(8)17-10(3)11(7-15)9(2)16-17/h4-6H,1-3H3. The molecule has 0 atom stereocenters. The molecule has 0 aliphatic carbocycles. The van der Waals surface area contributed by atoms with Gasteiger partial charge in [-0.25, -0.2) is 4.68 Å². The fourth-order valence-electron chi connectivity index (χ4n) is 1.86. The Kier molecular flexibility index (Phi) is 2.91. The quantitative estimate of drug-likeness (QED) is 0.773. The van der Waals surface area contributed by atoms with Gasteiger partial charge in [0.15, 0.2) is 0 Å². The van der Waals surface area contributed by atoms with Gasteiger partial charge in [-0.1, -0.05) is 17.7 Å². The minimum absolute atomic E-state index is 0.629. The first-order valence-electron chi connectivity index (χ1n) is 5.28. The summed E-state index contributed by atoms with van der Waals surface area (Å²) in [5.74, 6) is 0. The summed E-state index contributed by atoms with van der Waals surface area (Å²) in [4.78, 5) is 0. The van der Waals surface area contributed by atoms with Gasteiger partial charge < -0.3 is 0 Å². The van der Waals surface area contributed by atoms with Crippen LogP contribution in [0.15, 0.2) is 18.2 Å². The summed E-state index contributed by atoms with van der Waals surface area (Å²) < 4.78 is 1.77. The van der Waals surface area contributed by atoms with Crippen LogP contribution in [0.5, 0.6) is 0 Å². The molecule has 0 saturated heterocycles. The number of aryl methyl sites for hydroxylation is 1. The molecule has 0 N–H and O–H groups in total. The molecule has 0 fully saturated rings. The zero-order valence-corrected chi connectivity index (χ0v) is 10.7. The Morgan fingerprint density at radius 1 is 1.29 bits per heavy atom. The fourth-order valence-corrected chi connectivity index (χ4v) is 2.03. The van der Waals surface area contributed by atoms with Crippen LogP contribution in [0.3, 0.4) is 0 Å². The summed E-state index contributed by atoms with van der Waals surface area (Å²) in [5, 5.41) is 14.1. The average molecular weight is 246 g/mol. The molecule has 3 nitrogen and oxygen atoms in total. The summed E-state index contributed by atoms with van der Waals surface area (Å²) in [6.45, 7) is 5.67. The molecular formula is C13H12ClN3. The third-order valence-electron chi connectivity index (χ3n) is 2.87. The molecule has 1 aromatic carbocycles. The van der Waals surface area contributed by atoms with E-state index in [2.05, 4.69) is 11.2 Å². The van der Waals surface area contributed by atoms with Gasteiger partial charge in [-0.05, 0) is 38.5 Å². The number of rotatable bonds is 1. The highest BCUT2D eigenvalue weighted by Gasteiger charge is 2.14. The van der Waals surface area contributed by atoms with Crippen LogP contribution in [0.4, 0.5) is 0 Å². The van der Waals surface area contributed by atoms with E-state index in [0.717, 1.165) is 22.6 Å². The molecule has 0 aliphatic rings. The Hall–Kier alpha value is -1.79. The second-order valence-electron chi connectivity index (χ2n) is 3.95. The van der Waals surface area contributed by atoms with Crippen molar-refractivity contribution >= 4 is 11.6 Å². The minimum atomic E-state index is 0.629. The molecule has 0 amide bonds. The van der Waals surface area contributed by atoms with Gasteiger partial charge >= 0.3 is 0 Å². The highest BCUT2D eigenvalue weighted by Crippen LogP contribution is 2.24. The molecule has 1 aromatic heterocycles. The molecule has 0 aliphatic heterocycles. The summed E-state index contributed by atoms with van der Waals surface area (Å²) in [5.41, 5.74) is 4.09. The highest BCUT2D eigenvalue weighted by atomic mass is 35.5. The normalized spacial score (nSPS) is 10.3. The summed E-state index contributed by atoms with van der Waals surface area (Å²) in [6, 6.07) is 7.84. The van der Waals surface area contributed by atoms with E-state index in [9.17, 15) is 0 Å². The monoisotopic (exact) mass is 245 g/mol. The van der Waals surface area contributed by atoms with Crippen LogP contribution in [-0.4, -0.2) is 9.78 Å². The summed E-state index contributed by atoms with van der Waals surface area (Å²) in [6.07, 6.45) is 0. The Morgan fingerprint density at radius 3 is 2.59 bits per heavy atom. The molecular weight excluding hydrogens is 234 g/mol. The first-order valence-corrected chi connectivity index (χ1v) is 5.66. The van der Waals surface area contributed by atoms with Gasteiger partial charge in [-0.15, -0.1) is 0 Å². The molecule has 17 heavy (non-hydrogen) atoms. The number of halogens is 1. The molecule has 0 saturated carbocycles. The largest absolute Gasteiger partial charge is 0.236 e. The zero-order chi connectivity index (χ0) is 12.6. The smallest absolute Gasteiger partial charge is 0.103 e. The Morgan fingerprint density at radius 2 is 2.00 bits per heavy atom. The minimum Gasteiger partial charge on any atom is -0.236 e. The van der Waals surface area contributed by atoms with Crippen LogP contribution < -0.4 is 0 Å². The molecule has 1 heterocycles. The van der Waals surface area contributed by atoms with Gasteiger partial charge in [0.25, 0.3) is 0 Å². The van der Waals surface area contributed by atoms with Crippen molar-refractivity contribution in [2.75, 3.05) is 0 Å². The maximum atomic E-state index is 9.05. The predicted molar refractivity (Wildman–Crippen MR) is 67.5 cm³/mol. The van der Waals surface area contributed by atoms with Crippen LogP contribution >= 0.6 is 11.6 Å². The number of nitriles is 1. The van der Waals surface area contributed by atoms with E-state index < -0.39 is 0 Å². The number of benzene rings is 1. The molecule has 86 valence electrons. The van der Waals surface area contributed by atoms with Gasteiger partial charge in [0.2, 0.25) is 0 Å². The van der Waals surface area contributed by atoms with Gasteiger partial charge in [-0.3, -0.25) is 0 Å². The van der Waals surface area contributed by atoms with Gasteiger partial charge in [-0.2, -0.15) is 10.4 Å². The number of aromatic nitrogens is 2. The lowest BCUT2D eigenvalue weighted by Crippen LogP contribution is -2.01. The van der Waals surface area contributed by atoms with Crippen molar-refractivity contribution in [2.24, 2.45) is 0 Å². The Labute approximate surface area is 105 Å². The molecule has 0 bridgehead atoms. The zero-order valence-electron chi connectivity index (χ0n) is 9.95. The van der Waals surface area contributed by atoms with E-state index in [-0.39, 0.29) is 0 Å². The van der Waals surface area contributed by atoms with Crippen LogP contribution in [0.2, 0.25) is 5.02 Å². The second kappa shape index (κ2) is 4.23. The second-order valence-corrected chi connectivity index (χ2v) is 4.36. The van der Waals surface area contributed by atoms with Crippen molar-refractivity contribution in [3.8, 4) is 11.8 Å². The Bertz CT molecular complexity index is 620. The maximum Gasteiger partial charge on any atom is 0.103 e. The van der Waals surface area contributed by atoms with E-state index in [1.807, 2.05) is 39.0 Å². The lowest BCUT2D eigenvalue weighted by atomic mass is 10.2. The van der Waals surface area contributed by atoms with Crippen LogP contribution in [0, 0.1) is 32.1 Å². The molecule has 2 rings (SSSR count). The lowest BCUT2D eigenvalue weighted by Gasteiger charge is -2.09. The van der Waals surface area contributed by atoms with Crippen molar-refractivity contribution in [2.45, 2.75) is 20.8 Å². The first-order chi connectivity index (χ1) is 8.06. The molecule has 0 spiro atoms. The van der Waals surface area contributed by atoms with E-state index in [4.69, 9.17) is 16.9 Å². The molecule has 0 unspecified atom stereocenters. The molecule has 4 heteroatoms. The topological polar surface area (TPSA) is 41.6 Å². The lowest BCUT2D eigenvalue weighted by molar-refractivity contribution is 0.827. The SMILES string of the molecule is Cc1nn(-c2cccc(Cl)c2C)c(C)c1C#N. The highest BCUT2D eigenvalue weighted by molar-refractivity contribution is 6.31. The summed E-state index contributed by atoms with van der Waals surface area (Å²) in [7, 11) is 0. The van der Waals surface area contributed by atoms with E-state index >= 15 is 0 Å². The van der Waals surface area contributed by atoms with E-state index in [1.54, 1.807) is 4.68 Å². The number of nitrogens with zero attached hydrogens (tertiary/aromatic N) is 3. The van der Waals surface area contributed by atoms with E-state index in [1.165, 1.54) is 0 Å². The Balaban J connectivity index is 2.70. The number of hydrogen-bond acceptors (Lipinski definition) is 2. The van der Waals surface area contributed by atoms with Crippen LogP contribution in [0.1, 0.15) is 22.5 Å². The van der Waals surface area contributed by atoms with Crippen LogP contribution in [-0.2, 0) is 0 Å². The predicted octanol–water partition coefficient (Wildman–Crippen LogP) is 3.32. The summed E-state index contributed by atoms with van der Waals surface area (Å²) >= 11 is 6.09. The van der Waals surface area contributed by atoms with Crippen molar-refractivity contribution in [3.05, 3.63) is 45.7 Å². The first kappa shape index (κ1) is 11.7. The fraction of sp³-hybridized carbons (Fsp3) is 0.231. The van der Waals surface area contributed by atoms with Crippen molar-refractivity contribution in [1.29, 1.82) is 5.26 Å².